The molecule has 0 radical (unpaired) electrons. The molecule has 0 amide bonds. The van der Waals surface area contributed by atoms with Gasteiger partial charge in [-0.3, -0.25) is 0 Å². The van der Waals surface area contributed by atoms with Crippen LogP contribution in [0.25, 0.3) is 0 Å². The molecule has 0 atom stereocenters. The summed E-state index contributed by atoms with van der Waals surface area (Å²) in [5, 5.41) is 0. The van der Waals surface area contributed by atoms with Crippen LogP contribution in [0.5, 0.6) is 0 Å². The molecule has 1 aromatic heterocycles. The van der Waals surface area contributed by atoms with Gasteiger partial charge in [-0.25, -0.2) is 26.0 Å². The van der Waals surface area contributed by atoms with Crippen LogP contribution in [0.3, 0.4) is 0 Å². The van der Waals surface area contributed by atoms with Gasteiger partial charge in [0.1, 0.15) is 22.2 Å². The van der Waals surface area contributed by atoms with Gasteiger partial charge in [0.25, 0.3) is 10.0 Å². The molecule has 0 saturated carbocycles. The number of hydrogen-bond acceptors (Lipinski definition) is 4. The van der Waals surface area contributed by atoms with Gasteiger partial charge in [-0.2, -0.15) is 0 Å². The molecule has 1 heterocycles. The SMILES string of the molecule is CCOC(=O)c1cccn1S(=O)(=O)c1ccc(F)cc1F. The summed E-state index contributed by atoms with van der Waals surface area (Å²) in [6.07, 6.45) is 1.09. The Kier molecular flexibility index (Phi) is 4.08. The van der Waals surface area contributed by atoms with Crippen molar-refractivity contribution in [3.05, 3.63) is 53.9 Å². The molecule has 0 spiro atoms. The minimum absolute atomic E-state index is 0.0645. The van der Waals surface area contributed by atoms with Gasteiger partial charge < -0.3 is 4.74 Å². The van der Waals surface area contributed by atoms with Crippen molar-refractivity contribution >= 4 is 16.0 Å². The number of rotatable bonds is 4. The Morgan fingerprint density at radius 1 is 1.29 bits per heavy atom. The van der Waals surface area contributed by atoms with Gasteiger partial charge in [0.15, 0.2) is 0 Å². The van der Waals surface area contributed by atoms with Crippen molar-refractivity contribution < 1.29 is 26.7 Å². The van der Waals surface area contributed by atoms with Crippen molar-refractivity contribution in [2.75, 3.05) is 6.61 Å². The summed E-state index contributed by atoms with van der Waals surface area (Å²) in [4.78, 5) is 11.0. The van der Waals surface area contributed by atoms with Crippen molar-refractivity contribution in [2.24, 2.45) is 0 Å². The number of esters is 1. The average Bonchev–Trinajstić information content (AvgIpc) is 2.88. The normalized spacial score (nSPS) is 11.4. The van der Waals surface area contributed by atoms with Crippen molar-refractivity contribution in [3.63, 3.8) is 0 Å². The second-order valence-corrected chi connectivity index (χ2v) is 5.77. The van der Waals surface area contributed by atoms with E-state index in [2.05, 4.69) is 0 Å². The molecule has 2 aromatic rings. The van der Waals surface area contributed by atoms with Crippen LogP contribution in [0.15, 0.2) is 41.4 Å². The molecule has 0 saturated heterocycles. The third-order valence-corrected chi connectivity index (χ3v) is 4.35. The number of hydrogen-bond donors (Lipinski definition) is 0. The maximum atomic E-state index is 13.7. The van der Waals surface area contributed by atoms with Gasteiger partial charge in [0.2, 0.25) is 0 Å². The first-order chi connectivity index (χ1) is 9.87. The summed E-state index contributed by atoms with van der Waals surface area (Å²) in [6, 6.07) is 4.63. The summed E-state index contributed by atoms with van der Waals surface area (Å²) in [7, 11) is -4.36. The van der Waals surface area contributed by atoms with Crippen LogP contribution < -0.4 is 0 Å². The monoisotopic (exact) mass is 315 g/mol. The lowest BCUT2D eigenvalue weighted by atomic mass is 10.3. The Morgan fingerprint density at radius 2 is 2.00 bits per heavy atom. The second kappa shape index (κ2) is 5.65. The van der Waals surface area contributed by atoms with E-state index in [0.29, 0.717) is 10.0 Å². The first kappa shape index (κ1) is 15.2. The van der Waals surface area contributed by atoms with E-state index in [-0.39, 0.29) is 12.3 Å². The Morgan fingerprint density at radius 3 is 2.62 bits per heavy atom. The minimum atomic E-state index is -4.36. The Labute approximate surface area is 119 Å². The molecular weight excluding hydrogens is 304 g/mol. The van der Waals surface area contributed by atoms with Gasteiger partial charge in [0.05, 0.1) is 6.61 Å². The zero-order valence-corrected chi connectivity index (χ0v) is 11.7. The van der Waals surface area contributed by atoms with Gasteiger partial charge in [-0.05, 0) is 31.2 Å². The number of benzene rings is 1. The molecule has 0 unspecified atom stereocenters. The lowest BCUT2D eigenvalue weighted by Gasteiger charge is -2.10. The highest BCUT2D eigenvalue weighted by Crippen LogP contribution is 2.21. The number of ether oxygens (including phenoxy) is 1. The van der Waals surface area contributed by atoms with Crippen LogP contribution >= 0.6 is 0 Å². The largest absolute Gasteiger partial charge is 0.461 e. The molecule has 0 bridgehead atoms. The molecule has 112 valence electrons. The first-order valence-electron chi connectivity index (χ1n) is 5.93. The molecule has 0 aliphatic heterocycles. The van der Waals surface area contributed by atoms with E-state index in [0.717, 1.165) is 18.3 Å². The summed E-state index contributed by atoms with van der Waals surface area (Å²) in [6.45, 7) is 1.63. The number of halogens is 2. The molecular formula is C13H11F2NO4S. The number of nitrogens with zero attached hydrogens (tertiary/aromatic N) is 1. The molecule has 1 aromatic carbocycles. The zero-order chi connectivity index (χ0) is 15.6. The van der Waals surface area contributed by atoms with Crippen LogP contribution in [0.2, 0.25) is 0 Å². The van der Waals surface area contributed by atoms with Gasteiger partial charge in [0, 0.05) is 12.3 Å². The van der Waals surface area contributed by atoms with E-state index in [4.69, 9.17) is 4.74 Å². The van der Waals surface area contributed by atoms with E-state index >= 15 is 0 Å². The fourth-order valence-electron chi connectivity index (χ4n) is 1.73. The maximum absolute atomic E-state index is 13.7. The number of carbonyl (C=O) groups is 1. The van der Waals surface area contributed by atoms with E-state index in [1.54, 1.807) is 6.92 Å². The lowest BCUT2D eigenvalue weighted by Crippen LogP contribution is -2.20. The molecule has 0 N–H and O–H groups in total. The average molecular weight is 315 g/mol. The summed E-state index contributed by atoms with van der Waals surface area (Å²) >= 11 is 0. The maximum Gasteiger partial charge on any atom is 0.355 e. The minimum Gasteiger partial charge on any atom is -0.461 e. The predicted molar refractivity (Wildman–Crippen MR) is 69.3 cm³/mol. The summed E-state index contributed by atoms with van der Waals surface area (Å²) < 4.78 is 56.6. The standard InChI is InChI=1S/C13H11F2NO4S/c1-2-20-13(17)11-4-3-7-16(11)21(18,19)12-6-5-9(14)8-10(12)15/h3-8H,2H2,1H3. The fourth-order valence-corrected chi connectivity index (χ4v) is 3.11. The van der Waals surface area contributed by atoms with Crippen molar-refractivity contribution in [1.29, 1.82) is 0 Å². The third-order valence-electron chi connectivity index (χ3n) is 2.63. The van der Waals surface area contributed by atoms with Gasteiger partial charge in [-0.1, -0.05) is 0 Å². The van der Waals surface area contributed by atoms with Crippen molar-refractivity contribution in [2.45, 2.75) is 11.8 Å². The molecule has 0 aliphatic rings. The molecule has 5 nitrogen and oxygen atoms in total. The Hall–Kier alpha value is -2.22. The molecule has 21 heavy (non-hydrogen) atoms. The molecule has 2 rings (SSSR count). The second-order valence-electron chi connectivity index (χ2n) is 3.99. The number of aromatic nitrogens is 1. The van der Waals surface area contributed by atoms with E-state index in [1.807, 2.05) is 0 Å². The Bertz CT molecular complexity index is 783. The van der Waals surface area contributed by atoms with Gasteiger partial charge >= 0.3 is 5.97 Å². The molecule has 0 fully saturated rings. The van der Waals surface area contributed by atoms with Crippen molar-refractivity contribution in [1.82, 2.24) is 3.97 Å². The zero-order valence-electron chi connectivity index (χ0n) is 10.9. The summed E-state index contributed by atoms with van der Waals surface area (Å²) in [5.74, 6) is -2.99. The fraction of sp³-hybridized carbons (Fsp3) is 0.154. The quantitative estimate of drug-likeness (QED) is 0.811. The van der Waals surface area contributed by atoms with E-state index in [9.17, 15) is 22.0 Å². The van der Waals surface area contributed by atoms with Crippen LogP contribution in [-0.2, 0) is 14.8 Å². The smallest absolute Gasteiger partial charge is 0.355 e. The van der Waals surface area contributed by atoms with Crippen LogP contribution in [0.1, 0.15) is 17.4 Å². The van der Waals surface area contributed by atoms with Crippen LogP contribution in [0.4, 0.5) is 8.78 Å². The van der Waals surface area contributed by atoms with Crippen LogP contribution in [-0.4, -0.2) is 25.0 Å². The Balaban J connectivity index is 2.55. The van der Waals surface area contributed by atoms with E-state index < -0.39 is 32.5 Å². The molecule has 8 heteroatoms. The summed E-state index contributed by atoms with van der Waals surface area (Å²) in [5.41, 5.74) is -0.263. The highest BCUT2D eigenvalue weighted by Gasteiger charge is 2.26. The van der Waals surface area contributed by atoms with E-state index in [1.165, 1.54) is 12.1 Å². The van der Waals surface area contributed by atoms with Gasteiger partial charge in [-0.15, -0.1) is 0 Å². The number of carbonyl (C=O) groups excluding carboxylic acids is 1. The first-order valence-corrected chi connectivity index (χ1v) is 7.37. The topological polar surface area (TPSA) is 65.4 Å². The predicted octanol–water partition coefficient (Wildman–Crippen LogP) is 2.18. The highest BCUT2D eigenvalue weighted by molar-refractivity contribution is 7.90. The highest BCUT2D eigenvalue weighted by atomic mass is 32.2. The molecule has 0 aliphatic carbocycles. The van der Waals surface area contributed by atoms with Crippen LogP contribution in [0, 0.1) is 11.6 Å². The lowest BCUT2D eigenvalue weighted by molar-refractivity contribution is 0.0518. The third kappa shape index (κ3) is 2.80. The van der Waals surface area contributed by atoms with Crippen molar-refractivity contribution in [3.8, 4) is 0 Å².